The van der Waals surface area contributed by atoms with Crippen molar-refractivity contribution in [3.05, 3.63) is 35.0 Å². The minimum absolute atomic E-state index is 0.128. The topological polar surface area (TPSA) is 49.8 Å². The molecule has 2 fully saturated rings. The Morgan fingerprint density at radius 1 is 0.833 bits per heavy atom. The zero-order valence-electron chi connectivity index (χ0n) is 15.0. The summed E-state index contributed by atoms with van der Waals surface area (Å²) in [5, 5.41) is 26.0. The molecule has 134 valence electrons. The predicted octanol–water partition coefficient (Wildman–Crippen LogP) is 4.88. The third-order valence-corrected chi connectivity index (χ3v) is 6.02. The molecule has 1 aromatic rings. The van der Waals surface area contributed by atoms with Gasteiger partial charge in [0.05, 0.1) is 11.7 Å². The van der Waals surface area contributed by atoms with Crippen molar-refractivity contribution in [3.8, 4) is 0 Å². The van der Waals surface area contributed by atoms with Crippen LogP contribution in [0.5, 0.6) is 0 Å². The van der Waals surface area contributed by atoms with Gasteiger partial charge in [-0.1, -0.05) is 24.6 Å². The summed E-state index contributed by atoms with van der Waals surface area (Å²) < 4.78 is 0. The van der Waals surface area contributed by atoms with Crippen LogP contribution < -0.4 is 5.06 Å². The van der Waals surface area contributed by atoms with Crippen molar-refractivity contribution in [2.45, 2.75) is 83.3 Å². The van der Waals surface area contributed by atoms with Crippen molar-refractivity contribution in [2.75, 3.05) is 5.06 Å². The van der Waals surface area contributed by atoms with Crippen molar-refractivity contribution < 1.29 is 5.21 Å². The van der Waals surface area contributed by atoms with E-state index >= 15 is 0 Å². The number of hydrogen-bond donors (Lipinski definition) is 1. The molecule has 24 heavy (non-hydrogen) atoms. The van der Waals surface area contributed by atoms with Gasteiger partial charge in [-0.15, -0.1) is 0 Å². The first kappa shape index (κ1) is 17.7. The minimum atomic E-state index is 0.128. The molecule has 1 aromatic carbocycles. The van der Waals surface area contributed by atoms with Gasteiger partial charge in [0.1, 0.15) is 0 Å². The Morgan fingerprint density at radius 3 is 1.83 bits per heavy atom. The van der Waals surface area contributed by atoms with E-state index in [9.17, 15) is 10.4 Å². The van der Waals surface area contributed by atoms with E-state index in [0.717, 1.165) is 50.1 Å². The molecule has 0 saturated heterocycles. The zero-order valence-corrected chi connectivity index (χ0v) is 15.0. The van der Waals surface area contributed by atoms with Crippen LogP contribution in [0.15, 0.2) is 24.3 Å². The molecule has 0 bridgehead atoms. The van der Waals surface area contributed by atoms with Gasteiger partial charge in [-0.05, 0) is 88.4 Å². The smallest absolute Gasteiger partial charge is 0.0637 e. The van der Waals surface area contributed by atoms with Crippen LogP contribution in [0.25, 0.3) is 0 Å². The molecule has 0 radical (unpaired) electrons. The summed E-state index contributed by atoms with van der Waals surface area (Å²) in [4.78, 5) is 0. The van der Waals surface area contributed by atoms with Gasteiger partial charge in [0.15, 0.2) is 0 Å². The summed E-state index contributed by atoms with van der Waals surface area (Å²) in [6.07, 6.45) is 8.05. The fraction of sp³-hybridized carbons (Fsp3) is 0.700. The zero-order chi connectivity index (χ0) is 17.1. The van der Waals surface area contributed by atoms with Crippen LogP contribution >= 0.6 is 0 Å². The maximum absolute atomic E-state index is 12.7. The Hall–Kier alpha value is -1.10. The first-order valence-corrected chi connectivity index (χ1v) is 9.55. The molecule has 2 aliphatic carbocycles. The Morgan fingerprint density at radius 2 is 1.29 bits per heavy atom. The van der Waals surface area contributed by atoms with E-state index < -0.39 is 0 Å². The maximum atomic E-state index is 12.7. The van der Waals surface area contributed by atoms with Gasteiger partial charge in [0.25, 0.3) is 0 Å². The van der Waals surface area contributed by atoms with Gasteiger partial charge >= 0.3 is 0 Å². The van der Waals surface area contributed by atoms with Gasteiger partial charge < -0.3 is 10.3 Å². The number of hydrogen-bond acceptors (Lipinski definition) is 4. The van der Waals surface area contributed by atoms with Crippen molar-refractivity contribution in [1.82, 2.24) is 5.06 Å². The lowest BCUT2D eigenvalue weighted by molar-refractivity contribution is 0.102. The van der Waals surface area contributed by atoms with Crippen molar-refractivity contribution in [1.29, 1.82) is 0 Å². The van der Waals surface area contributed by atoms with E-state index in [4.69, 9.17) is 0 Å². The summed E-state index contributed by atoms with van der Waals surface area (Å²) in [5.74, 6) is 0.780. The molecule has 0 amide bonds. The van der Waals surface area contributed by atoms with Gasteiger partial charge in [-0.2, -0.15) is 0 Å². The highest BCUT2D eigenvalue weighted by atomic mass is 16.5. The van der Waals surface area contributed by atoms with Gasteiger partial charge in [-0.3, -0.25) is 10.3 Å². The molecule has 2 saturated carbocycles. The lowest BCUT2D eigenvalue weighted by Gasteiger charge is -2.48. The number of anilines is 1. The maximum Gasteiger partial charge on any atom is 0.0637 e. The average molecular weight is 331 g/mol. The monoisotopic (exact) mass is 331 g/mol. The molecule has 0 aromatic heterocycles. The molecule has 0 heterocycles. The minimum Gasteiger partial charge on any atom is -0.785 e. The van der Waals surface area contributed by atoms with Crippen LogP contribution in [0.1, 0.15) is 63.9 Å². The molecule has 2 aliphatic rings. The van der Waals surface area contributed by atoms with Crippen LogP contribution in [0.3, 0.4) is 0 Å². The molecular weight excluding hydrogens is 300 g/mol. The van der Waals surface area contributed by atoms with Crippen LogP contribution in [-0.4, -0.2) is 28.4 Å². The lowest BCUT2D eigenvalue weighted by Crippen LogP contribution is -2.45. The molecule has 0 spiro atoms. The summed E-state index contributed by atoms with van der Waals surface area (Å²) in [6.45, 7) is 4.34. The predicted molar refractivity (Wildman–Crippen MR) is 98.1 cm³/mol. The second kappa shape index (κ2) is 7.85. The van der Waals surface area contributed by atoms with Crippen molar-refractivity contribution >= 4 is 5.69 Å². The number of nitrogens with zero attached hydrogens (tertiary/aromatic N) is 2. The Bertz CT molecular complexity index is 503. The average Bonchev–Trinajstić information content (AvgIpc) is 2.62. The third kappa shape index (κ3) is 4.11. The van der Waals surface area contributed by atoms with Crippen LogP contribution in [0.2, 0.25) is 0 Å². The number of benzene rings is 1. The third-order valence-electron chi connectivity index (χ3n) is 6.02. The van der Waals surface area contributed by atoms with E-state index in [2.05, 4.69) is 6.92 Å². The van der Waals surface area contributed by atoms with Crippen LogP contribution in [0.4, 0.5) is 5.69 Å². The Balaban J connectivity index is 1.50. The highest BCUT2D eigenvalue weighted by Crippen LogP contribution is 2.33. The first-order valence-electron chi connectivity index (χ1n) is 9.55. The summed E-state index contributed by atoms with van der Waals surface area (Å²) in [5.41, 5.74) is 2.05. The van der Waals surface area contributed by atoms with Gasteiger partial charge in [-0.25, -0.2) is 0 Å². The summed E-state index contributed by atoms with van der Waals surface area (Å²) in [7, 11) is 0. The Kier molecular flexibility index (Phi) is 5.80. The molecule has 0 aliphatic heterocycles. The molecule has 1 N–H and O–H groups in total. The number of aryl methyl sites for hydroxylation is 1. The van der Waals surface area contributed by atoms with E-state index in [0.29, 0.717) is 0 Å². The molecule has 0 atom stereocenters. The molecular formula is C20H31N2O2-. The van der Waals surface area contributed by atoms with Crippen molar-refractivity contribution in [2.24, 2.45) is 5.92 Å². The largest absolute Gasteiger partial charge is 0.785 e. The molecule has 0 unspecified atom stereocenters. The van der Waals surface area contributed by atoms with E-state index in [1.807, 2.05) is 31.2 Å². The van der Waals surface area contributed by atoms with Gasteiger partial charge in [0, 0.05) is 0 Å². The van der Waals surface area contributed by atoms with Crippen LogP contribution in [-0.2, 0) is 0 Å². The van der Waals surface area contributed by atoms with E-state index in [1.165, 1.54) is 28.5 Å². The standard InChI is InChI=1S/C20H31N2O2/c1-15-3-7-17(8-4-15)21(23)19-11-13-20(14-12-19)22(24)18-9-5-16(2)6-10-18/h3-4,7-8,16,18-20,23H,5-6,9-14H2,1-2H3/q-1. The van der Waals surface area contributed by atoms with E-state index in [-0.39, 0.29) is 18.1 Å². The number of hydroxylamine groups is 3. The van der Waals surface area contributed by atoms with E-state index in [1.54, 1.807) is 0 Å². The normalized spacial score (nSPS) is 31.2. The van der Waals surface area contributed by atoms with Crippen molar-refractivity contribution in [3.63, 3.8) is 0 Å². The second-order valence-electron chi connectivity index (χ2n) is 7.92. The summed E-state index contributed by atoms with van der Waals surface area (Å²) >= 11 is 0. The highest BCUT2D eigenvalue weighted by Gasteiger charge is 2.29. The number of rotatable bonds is 4. The quantitative estimate of drug-likeness (QED) is 0.799. The lowest BCUT2D eigenvalue weighted by atomic mass is 9.85. The summed E-state index contributed by atoms with van der Waals surface area (Å²) in [6, 6.07) is 8.47. The Labute approximate surface area is 146 Å². The highest BCUT2D eigenvalue weighted by molar-refractivity contribution is 5.45. The first-order chi connectivity index (χ1) is 11.5. The van der Waals surface area contributed by atoms with Gasteiger partial charge in [0.2, 0.25) is 0 Å². The fourth-order valence-corrected chi connectivity index (χ4v) is 4.26. The molecule has 4 heteroatoms. The SMILES string of the molecule is Cc1ccc(N(O)C2CCC(N([O-])C3CCC(C)CC3)CC2)cc1. The molecule has 3 rings (SSSR count). The van der Waals surface area contributed by atoms with Crippen LogP contribution in [0, 0.1) is 18.0 Å². The second-order valence-corrected chi connectivity index (χ2v) is 7.92. The fourth-order valence-electron chi connectivity index (χ4n) is 4.26. The molecule has 4 nitrogen and oxygen atoms in total.